The minimum Gasteiger partial charge on any atom is -0.385 e. The number of piperidine rings is 1. The van der Waals surface area contributed by atoms with Crippen LogP contribution in [0.2, 0.25) is 5.02 Å². The molecule has 0 amide bonds. The van der Waals surface area contributed by atoms with Crippen LogP contribution in [0.5, 0.6) is 0 Å². The maximum absolute atomic E-state index is 10.5. The number of aryl methyl sites for hydroxylation is 1. The Balaban J connectivity index is 1.71. The van der Waals surface area contributed by atoms with Crippen LogP contribution in [0.1, 0.15) is 30.3 Å². The highest BCUT2D eigenvalue weighted by molar-refractivity contribution is 6.30. The summed E-state index contributed by atoms with van der Waals surface area (Å²) in [5, 5.41) is 20.4. The Hall–Kier alpha value is -2.03. The molecular formula is C17H19ClN4O. The van der Waals surface area contributed by atoms with Crippen LogP contribution in [0.3, 0.4) is 0 Å². The Morgan fingerprint density at radius 1 is 1.39 bits per heavy atom. The van der Waals surface area contributed by atoms with Gasteiger partial charge in [-0.15, -0.1) is 0 Å². The predicted molar refractivity (Wildman–Crippen MR) is 89.3 cm³/mol. The molecule has 1 saturated heterocycles. The predicted octanol–water partition coefficient (Wildman–Crippen LogP) is 2.90. The van der Waals surface area contributed by atoms with Gasteiger partial charge in [0.15, 0.2) is 0 Å². The van der Waals surface area contributed by atoms with Gasteiger partial charge in [0, 0.05) is 37.6 Å². The number of imidazole rings is 1. The lowest BCUT2D eigenvalue weighted by atomic mass is 9.90. The highest BCUT2D eigenvalue weighted by Gasteiger charge is 2.29. The van der Waals surface area contributed by atoms with Gasteiger partial charge in [0.25, 0.3) is 0 Å². The number of nitriles is 1. The number of hydrogen-bond acceptors (Lipinski definition) is 4. The Labute approximate surface area is 140 Å². The fraction of sp³-hybridized carbons (Fsp3) is 0.412. The van der Waals surface area contributed by atoms with E-state index in [4.69, 9.17) is 11.6 Å². The molecule has 1 aliphatic heterocycles. The van der Waals surface area contributed by atoms with Crippen molar-refractivity contribution in [3.63, 3.8) is 0 Å². The first-order valence-corrected chi connectivity index (χ1v) is 8.08. The number of aromatic nitrogens is 2. The fourth-order valence-electron chi connectivity index (χ4n) is 3.19. The average Bonchev–Trinajstić information content (AvgIpc) is 3.00. The monoisotopic (exact) mass is 330 g/mol. The van der Waals surface area contributed by atoms with E-state index in [9.17, 15) is 10.4 Å². The number of benzene rings is 1. The highest BCUT2D eigenvalue weighted by atomic mass is 35.5. The molecule has 0 saturated carbocycles. The second kappa shape index (κ2) is 6.61. The summed E-state index contributed by atoms with van der Waals surface area (Å²) < 4.78 is 1.86. The second-order valence-electron chi connectivity index (χ2n) is 5.94. The molecule has 0 aliphatic carbocycles. The third-order valence-corrected chi connectivity index (χ3v) is 4.77. The van der Waals surface area contributed by atoms with Crippen LogP contribution in [-0.4, -0.2) is 27.7 Å². The molecule has 1 aromatic carbocycles. The molecule has 0 spiro atoms. The lowest BCUT2D eigenvalue weighted by molar-refractivity contribution is 0.0825. The van der Waals surface area contributed by atoms with Crippen LogP contribution in [0.15, 0.2) is 30.6 Å². The molecule has 120 valence electrons. The first-order chi connectivity index (χ1) is 11.1. The Morgan fingerprint density at radius 3 is 2.74 bits per heavy atom. The van der Waals surface area contributed by atoms with E-state index >= 15 is 0 Å². The van der Waals surface area contributed by atoms with Gasteiger partial charge in [-0.05, 0) is 37.0 Å². The number of aliphatic hydroxyl groups excluding tert-OH is 1. The lowest BCUT2D eigenvalue weighted by Crippen LogP contribution is -2.36. The molecule has 1 unspecified atom stereocenters. The number of nitrogens with zero attached hydrogens (tertiary/aromatic N) is 4. The lowest BCUT2D eigenvalue weighted by Gasteiger charge is -2.35. The smallest absolute Gasteiger partial charge is 0.137 e. The second-order valence-corrected chi connectivity index (χ2v) is 6.38. The highest BCUT2D eigenvalue weighted by Crippen LogP contribution is 2.33. The SMILES string of the molecule is Cn1ccnc1C(O)C1CCN(c2cc(Cl)ccc2C#N)CC1. The van der Waals surface area contributed by atoms with Gasteiger partial charge in [-0.3, -0.25) is 0 Å². The summed E-state index contributed by atoms with van der Waals surface area (Å²) in [6, 6.07) is 7.56. The van der Waals surface area contributed by atoms with Crippen molar-refractivity contribution in [3.8, 4) is 6.07 Å². The van der Waals surface area contributed by atoms with Crippen LogP contribution in [0.25, 0.3) is 0 Å². The maximum atomic E-state index is 10.5. The van der Waals surface area contributed by atoms with Crippen molar-refractivity contribution in [2.24, 2.45) is 13.0 Å². The standard InChI is InChI=1S/C17H19ClN4O/c1-21-9-6-20-17(21)16(23)12-4-7-22(8-5-12)15-10-14(18)3-2-13(15)11-19/h2-3,6,9-10,12,16,23H,4-5,7-8H2,1H3. The average molecular weight is 331 g/mol. The fourth-order valence-corrected chi connectivity index (χ4v) is 3.36. The molecule has 6 heteroatoms. The number of halogens is 1. The van der Waals surface area contributed by atoms with Gasteiger partial charge in [-0.1, -0.05) is 11.6 Å². The molecular weight excluding hydrogens is 312 g/mol. The van der Waals surface area contributed by atoms with Crippen molar-refractivity contribution in [2.75, 3.05) is 18.0 Å². The quantitative estimate of drug-likeness (QED) is 0.939. The van der Waals surface area contributed by atoms with Crippen molar-refractivity contribution in [2.45, 2.75) is 18.9 Å². The number of aliphatic hydroxyl groups is 1. The third kappa shape index (κ3) is 3.19. The number of hydrogen-bond donors (Lipinski definition) is 1. The van der Waals surface area contributed by atoms with Crippen LogP contribution < -0.4 is 4.90 Å². The number of rotatable bonds is 3. The van der Waals surface area contributed by atoms with Gasteiger partial charge >= 0.3 is 0 Å². The van der Waals surface area contributed by atoms with Gasteiger partial charge < -0.3 is 14.6 Å². The largest absolute Gasteiger partial charge is 0.385 e. The molecule has 3 rings (SSSR count). The van der Waals surface area contributed by atoms with Crippen molar-refractivity contribution in [1.82, 2.24) is 9.55 Å². The molecule has 0 bridgehead atoms. The molecule has 1 N–H and O–H groups in total. The van der Waals surface area contributed by atoms with E-state index in [1.54, 1.807) is 18.3 Å². The summed E-state index contributed by atoms with van der Waals surface area (Å²) >= 11 is 6.07. The molecule has 1 fully saturated rings. The minimum atomic E-state index is -0.549. The third-order valence-electron chi connectivity index (χ3n) is 4.53. The van der Waals surface area contributed by atoms with E-state index in [0.717, 1.165) is 31.6 Å². The van der Waals surface area contributed by atoms with Crippen LogP contribution in [-0.2, 0) is 7.05 Å². The summed E-state index contributed by atoms with van der Waals surface area (Å²) in [5.41, 5.74) is 1.52. The van der Waals surface area contributed by atoms with Gasteiger partial charge in [0.05, 0.1) is 11.3 Å². The van der Waals surface area contributed by atoms with E-state index in [0.29, 0.717) is 16.4 Å². The maximum Gasteiger partial charge on any atom is 0.137 e. The van der Waals surface area contributed by atoms with Crippen LogP contribution in [0.4, 0.5) is 5.69 Å². The van der Waals surface area contributed by atoms with E-state index in [1.165, 1.54) is 0 Å². The molecule has 1 atom stereocenters. The molecule has 5 nitrogen and oxygen atoms in total. The molecule has 23 heavy (non-hydrogen) atoms. The summed E-state index contributed by atoms with van der Waals surface area (Å²) in [7, 11) is 1.89. The van der Waals surface area contributed by atoms with Crippen LogP contribution in [0, 0.1) is 17.2 Å². The zero-order chi connectivity index (χ0) is 16.4. The van der Waals surface area contributed by atoms with Gasteiger partial charge in [0.2, 0.25) is 0 Å². The zero-order valence-electron chi connectivity index (χ0n) is 13.0. The van der Waals surface area contributed by atoms with E-state index < -0.39 is 6.10 Å². The van der Waals surface area contributed by atoms with E-state index in [1.807, 2.05) is 23.9 Å². The van der Waals surface area contributed by atoms with Gasteiger partial charge in [-0.2, -0.15) is 5.26 Å². The molecule has 1 aromatic heterocycles. The molecule has 2 aromatic rings. The Morgan fingerprint density at radius 2 is 2.13 bits per heavy atom. The van der Waals surface area contributed by atoms with Crippen molar-refractivity contribution >= 4 is 17.3 Å². The minimum absolute atomic E-state index is 0.178. The summed E-state index contributed by atoms with van der Waals surface area (Å²) in [4.78, 5) is 6.42. The normalized spacial score (nSPS) is 17.0. The van der Waals surface area contributed by atoms with Crippen molar-refractivity contribution in [1.29, 1.82) is 5.26 Å². The van der Waals surface area contributed by atoms with E-state index in [2.05, 4.69) is 16.0 Å². The molecule has 2 heterocycles. The Kier molecular flexibility index (Phi) is 4.56. The topological polar surface area (TPSA) is 65.1 Å². The first kappa shape index (κ1) is 15.9. The first-order valence-electron chi connectivity index (χ1n) is 7.70. The summed E-state index contributed by atoms with van der Waals surface area (Å²) in [5.74, 6) is 0.890. The summed E-state index contributed by atoms with van der Waals surface area (Å²) in [6.07, 6.45) is 4.71. The van der Waals surface area contributed by atoms with Crippen LogP contribution >= 0.6 is 11.6 Å². The molecule has 1 aliphatic rings. The van der Waals surface area contributed by atoms with Gasteiger partial charge in [0.1, 0.15) is 18.0 Å². The van der Waals surface area contributed by atoms with E-state index in [-0.39, 0.29) is 5.92 Å². The summed E-state index contributed by atoms with van der Waals surface area (Å²) in [6.45, 7) is 1.59. The number of anilines is 1. The molecule has 0 radical (unpaired) electrons. The van der Waals surface area contributed by atoms with Crippen molar-refractivity contribution in [3.05, 3.63) is 47.0 Å². The van der Waals surface area contributed by atoms with Crippen molar-refractivity contribution < 1.29 is 5.11 Å². The zero-order valence-corrected chi connectivity index (χ0v) is 13.7. The Bertz CT molecular complexity index is 728. The van der Waals surface area contributed by atoms with Gasteiger partial charge in [-0.25, -0.2) is 4.98 Å².